The molecule has 0 unspecified atom stereocenters. The number of thiocarbonyl (C=S) groups is 1. The first-order valence-electron chi connectivity index (χ1n) is 21.9. The number of rotatable bonds is 20. The van der Waals surface area contributed by atoms with E-state index >= 15 is 0 Å². The van der Waals surface area contributed by atoms with E-state index in [0.717, 1.165) is 26.9 Å². The first kappa shape index (κ1) is 48.2. The number of aliphatic hydroxyl groups excluding tert-OH is 1. The molecule has 18 heteroatoms. The summed E-state index contributed by atoms with van der Waals surface area (Å²) >= 11 is 7.19. The average molecular weight is 941 g/mol. The first-order chi connectivity index (χ1) is 31.8. The summed E-state index contributed by atoms with van der Waals surface area (Å²) in [6.07, 6.45) is 0.700. The number of thiazole rings is 1. The number of carbonyl (C=O) groups is 2. The maximum atomic E-state index is 13.9. The van der Waals surface area contributed by atoms with E-state index < -0.39 is 54.2 Å². The predicted octanol–water partition coefficient (Wildman–Crippen LogP) is 5.98. The van der Waals surface area contributed by atoms with Gasteiger partial charge in [-0.3, -0.25) is 4.79 Å². The molecule has 0 saturated carbocycles. The molecule has 6 aromatic rings. The quantitative estimate of drug-likeness (QED) is 0.0302. The van der Waals surface area contributed by atoms with Gasteiger partial charge < -0.3 is 53.7 Å². The van der Waals surface area contributed by atoms with Gasteiger partial charge in [-0.1, -0.05) is 50.3 Å². The van der Waals surface area contributed by atoms with Crippen molar-refractivity contribution < 1.29 is 42.8 Å². The lowest BCUT2D eigenvalue weighted by Gasteiger charge is -2.42. The van der Waals surface area contributed by atoms with E-state index in [0.29, 0.717) is 58.5 Å². The minimum atomic E-state index is -1.08. The number of aromatic nitrogens is 3. The molecule has 0 bridgehead atoms. The highest BCUT2D eigenvalue weighted by Gasteiger charge is 2.45. The number of methoxy groups -OCH3 is 2. The summed E-state index contributed by atoms with van der Waals surface area (Å²) in [4.78, 5) is 54.8. The van der Waals surface area contributed by atoms with Crippen LogP contribution in [0.15, 0.2) is 94.5 Å². The van der Waals surface area contributed by atoms with Crippen molar-refractivity contribution in [3.05, 3.63) is 107 Å². The molecular formula is C48H56N6O10S2. The number of carbonyl (C=O) groups excluding carboxylic acids is 2. The van der Waals surface area contributed by atoms with Gasteiger partial charge in [0.1, 0.15) is 46.7 Å². The number of aromatic amines is 1. The highest BCUT2D eigenvalue weighted by molar-refractivity contribution is 7.80. The van der Waals surface area contributed by atoms with Crippen molar-refractivity contribution in [2.45, 2.75) is 89.7 Å². The van der Waals surface area contributed by atoms with Crippen molar-refractivity contribution in [3.8, 4) is 16.3 Å². The van der Waals surface area contributed by atoms with E-state index in [1.54, 1.807) is 18.3 Å². The summed E-state index contributed by atoms with van der Waals surface area (Å²) in [6, 6.07) is 20.7. The lowest BCUT2D eigenvalue weighted by atomic mass is 9.99. The largest absolute Gasteiger partial charge is 0.464 e. The Morgan fingerprint density at radius 3 is 2.50 bits per heavy atom. The van der Waals surface area contributed by atoms with Crippen LogP contribution in [0.3, 0.4) is 0 Å². The summed E-state index contributed by atoms with van der Waals surface area (Å²) in [5.41, 5.74) is 3.68. The Morgan fingerprint density at radius 2 is 1.80 bits per heavy atom. The number of para-hydroxylation sites is 1. The SMILES string of the molecule is CCN(CCCOC(=O)[C@H](NC(=O)[C@@H](Cc1cnc[nH]1)NC(=S)Cc1ccc(O[C@@H]2O[C@H](C)[C@H](OC)[C@H](OC)[C@H]2O)cc1)C(C)C)c1ccc2cc(-c3nc4ccccc4s3)c(=O)oc2c1. The third kappa shape index (κ3) is 11.6. The number of esters is 1. The van der Waals surface area contributed by atoms with Gasteiger partial charge in [-0.15, -0.1) is 11.3 Å². The zero-order valence-corrected chi connectivity index (χ0v) is 39.4. The van der Waals surface area contributed by atoms with Gasteiger partial charge in [-0.25, -0.2) is 19.6 Å². The van der Waals surface area contributed by atoms with Gasteiger partial charge in [0.2, 0.25) is 12.2 Å². The number of anilines is 1. The van der Waals surface area contributed by atoms with Crippen LogP contribution in [0.2, 0.25) is 0 Å². The van der Waals surface area contributed by atoms with Crippen LogP contribution in [-0.4, -0.2) is 114 Å². The lowest BCUT2D eigenvalue weighted by molar-refractivity contribution is -0.277. The summed E-state index contributed by atoms with van der Waals surface area (Å²) < 4.78 is 35.3. The number of benzene rings is 3. The van der Waals surface area contributed by atoms with E-state index in [2.05, 4.69) is 30.5 Å². The molecule has 3 aromatic heterocycles. The molecule has 7 atom stereocenters. The Balaban J connectivity index is 0.919. The topological polar surface area (TPSA) is 200 Å². The zero-order chi connectivity index (χ0) is 46.9. The Bertz CT molecular complexity index is 2610. The average Bonchev–Trinajstić information content (AvgIpc) is 3.99. The Hall–Kier alpha value is -5.76. The van der Waals surface area contributed by atoms with Gasteiger partial charge in [0.25, 0.3) is 0 Å². The Kier molecular flexibility index (Phi) is 16.2. The fraction of sp³-hybridized carbons (Fsp3) is 0.417. The minimum Gasteiger partial charge on any atom is -0.464 e. The number of hydrogen-bond acceptors (Lipinski definition) is 15. The Morgan fingerprint density at radius 1 is 1.03 bits per heavy atom. The van der Waals surface area contributed by atoms with Crippen LogP contribution >= 0.6 is 23.6 Å². The highest BCUT2D eigenvalue weighted by Crippen LogP contribution is 2.31. The lowest BCUT2D eigenvalue weighted by Crippen LogP contribution is -2.59. The Labute approximate surface area is 392 Å². The molecule has 1 aliphatic heterocycles. The van der Waals surface area contributed by atoms with E-state index in [-0.39, 0.29) is 25.0 Å². The minimum absolute atomic E-state index is 0.127. The molecule has 4 N–H and O–H groups in total. The molecule has 66 heavy (non-hydrogen) atoms. The summed E-state index contributed by atoms with van der Waals surface area (Å²) in [5.74, 6) is -0.770. The molecule has 0 spiro atoms. The van der Waals surface area contributed by atoms with Gasteiger partial charge in [-0.05, 0) is 74.2 Å². The number of hydrogen-bond donors (Lipinski definition) is 4. The molecule has 0 radical (unpaired) electrons. The van der Waals surface area contributed by atoms with Crippen LogP contribution in [0.4, 0.5) is 5.69 Å². The van der Waals surface area contributed by atoms with E-state index in [9.17, 15) is 19.5 Å². The van der Waals surface area contributed by atoms with Crippen LogP contribution in [0, 0.1) is 5.92 Å². The molecular weight excluding hydrogens is 885 g/mol. The van der Waals surface area contributed by atoms with E-state index in [1.165, 1.54) is 31.9 Å². The molecule has 16 nitrogen and oxygen atoms in total. The predicted molar refractivity (Wildman–Crippen MR) is 256 cm³/mol. The summed E-state index contributed by atoms with van der Waals surface area (Å²) in [5, 5.41) is 18.3. The summed E-state index contributed by atoms with van der Waals surface area (Å²) in [7, 11) is 3.04. The van der Waals surface area contributed by atoms with Gasteiger partial charge in [0, 0.05) is 69.2 Å². The van der Waals surface area contributed by atoms with Crippen molar-refractivity contribution in [3.63, 3.8) is 0 Å². The van der Waals surface area contributed by atoms with Crippen molar-refractivity contribution in [1.82, 2.24) is 25.6 Å². The first-order valence-corrected chi connectivity index (χ1v) is 23.1. The van der Waals surface area contributed by atoms with E-state index in [4.69, 9.17) is 40.3 Å². The van der Waals surface area contributed by atoms with Gasteiger partial charge >= 0.3 is 11.6 Å². The number of imidazole rings is 1. The number of ether oxygens (including phenoxy) is 5. The second-order valence-electron chi connectivity index (χ2n) is 16.4. The molecule has 1 fully saturated rings. The number of amides is 1. The highest BCUT2D eigenvalue weighted by atomic mass is 32.1. The van der Waals surface area contributed by atoms with Crippen molar-refractivity contribution in [1.29, 1.82) is 0 Å². The smallest absolute Gasteiger partial charge is 0.346 e. The van der Waals surface area contributed by atoms with Crippen LogP contribution in [-0.2, 0) is 41.4 Å². The molecule has 4 heterocycles. The molecule has 350 valence electrons. The normalized spacial score (nSPS) is 19.4. The number of nitrogens with one attached hydrogen (secondary N) is 3. The maximum absolute atomic E-state index is 13.9. The van der Waals surface area contributed by atoms with Crippen molar-refractivity contribution in [2.75, 3.05) is 38.8 Å². The van der Waals surface area contributed by atoms with Crippen molar-refractivity contribution in [2.24, 2.45) is 5.92 Å². The van der Waals surface area contributed by atoms with Crippen LogP contribution < -0.4 is 25.9 Å². The van der Waals surface area contributed by atoms with Gasteiger partial charge in [0.15, 0.2) is 0 Å². The number of fused-ring (bicyclic) bond motifs is 2. The number of nitrogens with zero attached hydrogens (tertiary/aromatic N) is 3. The third-order valence-corrected chi connectivity index (χ3v) is 12.8. The van der Waals surface area contributed by atoms with Gasteiger partial charge in [0.05, 0.1) is 39.8 Å². The fourth-order valence-electron chi connectivity index (χ4n) is 7.93. The molecule has 0 aliphatic carbocycles. The second kappa shape index (κ2) is 22.2. The maximum Gasteiger partial charge on any atom is 0.346 e. The van der Waals surface area contributed by atoms with Crippen LogP contribution in [0.25, 0.3) is 31.8 Å². The van der Waals surface area contributed by atoms with Crippen LogP contribution in [0.1, 0.15) is 45.4 Å². The molecule has 1 saturated heterocycles. The second-order valence-corrected chi connectivity index (χ2v) is 18.0. The monoisotopic (exact) mass is 940 g/mol. The number of H-pyrrole nitrogens is 1. The fourth-order valence-corrected chi connectivity index (χ4v) is 9.21. The number of aliphatic hydroxyl groups is 1. The molecule has 3 aromatic carbocycles. The van der Waals surface area contributed by atoms with Crippen LogP contribution in [0.5, 0.6) is 5.75 Å². The zero-order valence-electron chi connectivity index (χ0n) is 37.7. The van der Waals surface area contributed by atoms with E-state index in [1.807, 2.05) is 88.4 Å². The molecule has 7 rings (SSSR count). The molecule has 1 aliphatic rings. The van der Waals surface area contributed by atoms with Crippen molar-refractivity contribution >= 4 is 67.3 Å². The standard InChI is InChI=1S/C48H56N6O10S2/c1-7-54(32-16-15-30-22-34(46(57)64-37(30)24-32)45-52-35-11-8-9-12-38(35)66-45)19-10-20-61-47(58)40(27(2)3)53-44(56)36(23-31-25-49-26-50-31)51-39(65)21-29-13-17-33(18-14-29)63-48-41(55)43(60-6)42(59-5)28(4)62-48/h8-9,11-18,22,24-28,36,40-43,48,55H,7,10,19-21,23H2,1-6H3,(H,49,50)(H,51,65)(H,53,56)/t28-,36-,40-,41-,42+,43-,48+/m1/s1. The third-order valence-electron chi connectivity index (χ3n) is 11.5. The summed E-state index contributed by atoms with van der Waals surface area (Å²) in [6.45, 7) is 8.89. The molecule has 1 amide bonds. The van der Waals surface area contributed by atoms with Gasteiger partial charge in [-0.2, -0.15) is 0 Å².